The van der Waals surface area contributed by atoms with Gasteiger partial charge in [0.2, 0.25) is 0 Å². The zero-order valence-electron chi connectivity index (χ0n) is 16.2. The summed E-state index contributed by atoms with van der Waals surface area (Å²) in [7, 11) is 1.49. The van der Waals surface area contributed by atoms with Crippen LogP contribution in [0.25, 0.3) is 0 Å². The average molecular weight is 436 g/mol. The van der Waals surface area contributed by atoms with Crippen LogP contribution >= 0.6 is 11.8 Å². The summed E-state index contributed by atoms with van der Waals surface area (Å²) in [6.45, 7) is 0.974. The molecule has 0 saturated carbocycles. The van der Waals surface area contributed by atoms with Crippen molar-refractivity contribution in [1.29, 1.82) is 0 Å². The highest BCUT2D eigenvalue weighted by Crippen LogP contribution is 2.40. The largest absolute Gasteiger partial charge is 0.497 e. The summed E-state index contributed by atoms with van der Waals surface area (Å²) in [6.07, 6.45) is -1.50. The number of nitrogens with zero attached hydrogens (tertiary/aromatic N) is 1. The third kappa shape index (κ3) is 4.12. The van der Waals surface area contributed by atoms with Gasteiger partial charge in [0, 0.05) is 18.2 Å². The third-order valence-corrected chi connectivity index (χ3v) is 6.02. The molecule has 2 amide bonds. The summed E-state index contributed by atoms with van der Waals surface area (Å²) >= 11 is 1.24. The Morgan fingerprint density at radius 2 is 1.97 bits per heavy atom. The molecule has 1 saturated heterocycles. The fraction of sp³-hybridized carbons (Fsp3) is 0.368. The first-order valence-electron chi connectivity index (χ1n) is 8.90. The Labute approximate surface area is 175 Å². The van der Waals surface area contributed by atoms with E-state index in [2.05, 4.69) is 5.32 Å². The average Bonchev–Trinajstić information content (AvgIpc) is 2.74. The fourth-order valence-corrected chi connectivity index (χ4v) is 4.48. The van der Waals surface area contributed by atoms with Crippen molar-refractivity contribution in [1.82, 2.24) is 10.2 Å². The third-order valence-electron chi connectivity index (χ3n) is 4.68. The molecule has 0 radical (unpaired) electrons. The molecule has 0 aromatic heterocycles. The minimum atomic E-state index is -1.50. The molecule has 30 heavy (non-hydrogen) atoms. The lowest BCUT2D eigenvalue weighted by Gasteiger charge is -2.49. The van der Waals surface area contributed by atoms with E-state index in [4.69, 9.17) is 9.47 Å². The Morgan fingerprint density at radius 1 is 1.30 bits per heavy atom. The van der Waals surface area contributed by atoms with Crippen LogP contribution in [0.15, 0.2) is 35.5 Å². The lowest BCUT2D eigenvalue weighted by molar-refractivity contribution is -0.152. The lowest BCUT2D eigenvalue weighted by atomic mass is 10.0. The SMILES string of the molecule is COc1ccc(C(O)C(=O)N[C@@H]2C(=O)N3C(C(=O)O)=C(COC(C)=O)CS[C@H]23)cc1. The molecule has 1 aromatic carbocycles. The number of amides is 2. The first kappa shape index (κ1) is 21.7. The first-order chi connectivity index (χ1) is 14.2. The van der Waals surface area contributed by atoms with E-state index >= 15 is 0 Å². The van der Waals surface area contributed by atoms with Crippen molar-refractivity contribution in [2.45, 2.75) is 24.4 Å². The zero-order valence-corrected chi connectivity index (χ0v) is 17.0. The second-order valence-corrected chi connectivity index (χ2v) is 7.71. The fourth-order valence-electron chi connectivity index (χ4n) is 3.15. The second-order valence-electron chi connectivity index (χ2n) is 6.61. The lowest BCUT2D eigenvalue weighted by Crippen LogP contribution is -2.71. The van der Waals surface area contributed by atoms with Crippen LogP contribution in [0.2, 0.25) is 0 Å². The quantitative estimate of drug-likeness (QED) is 0.398. The van der Waals surface area contributed by atoms with Crippen molar-refractivity contribution in [2.24, 2.45) is 0 Å². The zero-order chi connectivity index (χ0) is 22.0. The number of hydrogen-bond acceptors (Lipinski definition) is 8. The number of esters is 1. The molecule has 3 rings (SSSR count). The smallest absolute Gasteiger partial charge is 0.352 e. The molecule has 2 heterocycles. The van der Waals surface area contributed by atoms with Crippen molar-refractivity contribution in [3.05, 3.63) is 41.1 Å². The van der Waals surface area contributed by atoms with Gasteiger partial charge in [-0.3, -0.25) is 19.3 Å². The number of ether oxygens (including phenoxy) is 2. The number of carboxylic acids is 1. The van der Waals surface area contributed by atoms with Gasteiger partial charge in [-0.25, -0.2) is 4.79 Å². The van der Waals surface area contributed by atoms with Crippen molar-refractivity contribution < 1.29 is 38.9 Å². The minimum Gasteiger partial charge on any atom is -0.497 e. The molecule has 1 fully saturated rings. The molecule has 11 heteroatoms. The standard InChI is InChI=1S/C19H20N2O8S/c1-9(22)29-7-11-8-30-18-13(17(25)21(18)14(11)19(26)27)20-16(24)15(23)10-3-5-12(28-2)6-4-10/h3-6,13,15,18,23H,7-8H2,1-2H3,(H,20,24)(H,26,27)/t13-,15?,18-/m1/s1. The Bertz CT molecular complexity index is 914. The van der Waals surface area contributed by atoms with Gasteiger partial charge in [-0.2, -0.15) is 0 Å². The van der Waals surface area contributed by atoms with Gasteiger partial charge in [-0.15, -0.1) is 11.8 Å². The second kappa shape index (κ2) is 8.76. The number of carboxylic acid groups (broad SMARTS) is 1. The summed E-state index contributed by atoms with van der Waals surface area (Å²) in [5.41, 5.74) is 0.379. The summed E-state index contributed by atoms with van der Waals surface area (Å²) in [4.78, 5) is 48.8. The number of aliphatic hydroxyl groups excluding tert-OH is 1. The highest BCUT2D eigenvalue weighted by atomic mass is 32.2. The predicted molar refractivity (Wildman–Crippen MR) is 104 cm³/mol. The molecular weight excluding hydrogens is 416 g/mol. The van der Waals surface area contributed by atoms with E-state index in [1.807, 2.05) is 0 Å². The van der Waals surface area contributed by atoms with Gasteiger partial charge in [0.15, 0.2) is 6.10 Å². The monoisotopic (exact) mass is 436 g/mol. The molecule has 0 aliphatic carbocycles. The number of β-lactam (4-membered cyclic amide) rings is 1. The molecule has 1 unspecified atom stereocenters. The number of nitrogens with one attached hydrogen (secondary N) is 1. The molecule has 3 N–H and O–H groups in total. The van der Waals surface area contributed by atoms with Gasteiger partial charge in [0.25, 0.3) is 11.8 Å². The maximum Gasteiger partial charge on any atom is 0.352 e. The van der Waals surface area contributed by atoms with E-state index in [-0.39, 0.29) is 18.1 Å². The molecular formula is C19H20N2O8S. The van der Waals surface area contributed by atoms with E-state index in [0.29, 0.717) is 16.9 Å². The van der Waals surface area contributed by atoms with Gasteiger partial charge >= 0.3 is 11.9 Å². The van der Waals surface area contributed by atoms with Crippen LogP contribution in [-0.4, -0.2) is 69.8 Å². The molecule has 10 nitrogen and oxygen atoms in total. The summed E-state index contributed by atoms with van der Waals surface area (Å²) in [5, 5.41) is 21.6. The van der Waals surface area contributed by atoms with Crippen molar-refractivity contribution in [3.63, 3.8) is 0 Å². The number of methoxy groups -OCH3 is 1. The summed E-state index contributed by atoms with van der Waals surface area (Å²) < 4.78 is 9.90. The van der Waals surface area contributed by atoms with E-state index in [1.54, 1.807) is 12.1 Å². The molecule has 1 aromatic rings. The Balaban J connectivity index is 1.70. The number of aliphatic hydroxyl groups is 1. The number of fused-ring (bicyclic) bond motifs is 1. The summed E-state index contributed by atoms with van der Waals surface area (Å²) in [5.74, 6) is -2.49. The van der Waals surface area contributed by atoms with Gasteiger partial charge in [0.05, 0.1) is 7.11 Å². The van der Waals surface area contributed by atoms with E-state index in [9.17, 15) is 29.4 Å². The first-order valence-corrected chi connectivity index (χ1v) is 9.95. The predicted octanol–water partition coefficient (Wildman–Crippen LogP) is 0.0303. The number of hydrogen-bond donors (Lipinski definition) is 3. The van der Waals surface area contributed by atoms with Gasteiger partial charge in [-0.05, 0) is 17.7 Å². The number of rotatable bonds is 7. The number of thioether (sulfide) groups is 1. The highest BCUT2D eigenvalue weighted by molar-refractivity contribution is 8.00. The summed E-state index contributed by atoms with van der Waals surface area (Å²) in [6, 6.07) is 5.26. The maximum atomic E-state index is 12.6. The van der Waals surface area contributed by atoms with Crippen molar-refractivity contribution in [2.75, 3.05) is 19.5 Å². The molecule has 3 atom stereocenters. The van der Waals surface area contributed by atoms with Crippen LogP contribution in [0.3, 0.4) is 0 Å². The Kier molecular flexibility index (Phi) is 6.32. The van der Waals surface area contributed by atoms with E-state index in [1.165, 1.54) is 37.9 Å². The van der Waals surface area contributed by atoms with Gasteiger partial charge in [-0.1, -0.05) is 12.1 Å². The Morgan fingerprint density at radius 3 is 2.53 bits per heavy atom. The van der Waals surface area contributed by atoms with Crippen LogP contribution in [0.4, 0.5) is 0 Å². The molecule has 2 aliphatic rings. The van der Waals surface area contributed by atoms with Crippen LogP contribution in [0.1, 0.15) is 18.6 Å². The number of aliphatic carboxylic acids is 1. The van der Waals surface area contributed by atoms with E-state index < -0.39 is 41.3 Å². The maximum absolute atomic E-state index is 12.6. The highest BCUT2D eigenvalue weighted by Gasteiger charge is 2.54. The van der Waals surface area contributed by atoms with E-state index in [0.717, 1.165) is 4.90 Å². The number of carbonyl (C=O) groups excluding carboxylic acids is 3. The van der Waals surface area contributed by atoms with Gasteiger partial charge in [0.1, 0.15) is 29.5 Å². The van der Waals surface area contributed by atoms with Gasteiger partial charge < -0.3 is 25.0 Å². The number of carbonyl (C=O) groups is 4. The number of benzene rings is 1. The molecule has 0 spiro atoms. The molecule has 2 aliphatic heterocycles. The van der Waals surface area contributed by atoms with Crippen molar-refractivity contribution in [3.8, 4) is 5.75 Å². The Hall–Kier alpha value is -3.05. The van der Waals surface area contributed by atoms with Crippen LogP contribution in [0, 0.1) is 0 Å². The van der Waals surface area contributed by atoms with Crippen LogP contribution in [0.5, 0.6) is 5.75 Å². The molecule has 160 valence electrons. The molecule has 0 bridgehead atoms. The topological polar surface area (TPSA) is 142 Å². The van der Waals surface area contributed by atoms with Crippen LogP contribution < -0.4 is 10.1 Å². The van der Waals surface area contributed by atoms with Crippen LogP contribution in [-0.2, 0) is 23.9 Å². The normalized spacial score (nSPS) is 21.3. The minimum absolute atomic E-state index is 0.219. The van der Waals surface area contributed by atoms with Crippen molar-refractivity contribution >= 4 is 35.5 Å².